The van der Waals surface area contributed by atoms with Crippen LogP contribution in [0.15, 0.2) is 30.3 Å². The van der Waals surface area contributed by atoms with Crippen LogP contribution < -0.4 is 0 Å². The van der Waals surface area contributed by atoms with E-state index in [9.17, 15) is 0 Å². The van der Waals surface area contributed by atoms with E-state index in [0.29, 0.717) is 5.15 Å². The van der Waals surface area contributed by atoms with Crippen molar-refractivity contribution in [2.24, 2.45) is 0 Å². The van der Waals surface area contributed by atoms with Gasteiger partial charge in [-0.2, -0.15) is 5.10 Å². The van der Waals surface area contributed by atoms with Gasteiger partial charge in [-0.3, -0.25) is 0 Å². The van der Waals surface area contributed by atoms with Crippen LogP contribution in [0.1, 0.15) is 23.7 Å². The van der Waals surface area contributed by atoms with Gasteiger partial charge in [0.15, 0.2) is 0 Å². The topological polar surface area (TPSA) is 17.8 Å². The fourth-order valence-electron chi connectivity index (χ4n) is 1.59. The Balaban J connectivity index is 2.19. The molecule has 0 spiro atoms. The van der Waals surface area contributed by atoms with Crippen LogP contribution in [0.4, 0.5) is 0 Å². The molecule has 0 aliphatic heterocycles. The summed E-state index contributed by atoms with van der Waals surface area (Å²) in [5.74, 6) is 0. The number of aromatic nitrogens is 2. The van der Waals surface area contributed by atoms with Crippen LogP contribution in [0.25, 0.3) is 0 Å². The number of nitrogens with zero attached hydrogens (tertiary/aromatic N) is 2. The lowest BCUT2D eigenvalue weighted by Gasteiger charge is -2.03. The van der Waals surface area contributed by atoms with Crippen LogP contribution in [0.2, 0.25) is 5.15 Å². The van der Waals surface area contributed by atoms with Crippen molar-refractivity contribution in [3.8, 4) is 0 Å². The van der Waals surface area contributed by atoms with E-state index in [1.807, 2.05) is 10.7 Å². The molecule has 0 N–H and O–H groups in total. The summed E-state index contributed by atoms with van der Waals surface area (Å²) < 4.78 is 1.84. The van der Waals surface area contributed by atoms with Gasteiger partial charge in [-0.05, 0) is 25.0 Å². The van der Waals surface area contributed by atoms with Crippen LogP contribution >= 0.6 is 11.6 Å². The molecule has 0 unspecified atom stereocenters. The second-order valence-electron chi connectivity index (χ2n) is 3.96. The predicted molar refractivity (Wildman–Crippen MR) is 66.9 cm³/mol. The van der Waals surface area contributed by atoms with Gasteiger partial charge in [0.2, 0.25) is 0 Å². The van der Waals surface area contributed by atoms with E-state index in [1.165, 1.54) is 11.1 Å². The molecule has 0 saturated heterocycles. The molecule has 0 saturated carbocycles. The second-order valence-corrected chi connectivity index (χ2v) is 4.34. The minimum Gasteiger partial charge on any atom is -0.249 e. The molecular weight excluding hydrogens is 220 g/mol. The normalized spacial score (nSPS) is 10.7. The Labute approximate surface area is 101 Å². The van der Waals surface area contributed by atoms with Gasteiger partial charge in [0.25, 0.3) is 0 Å². The lowest BCUT2D eigenvalue weighted by Crippen LogP contribution is -2.02. The maximum Gasteiger partial charge on any atom is 0.127 e. The maximum absolute atomic E-state index is 6.11. The molecule has 2 rings (SSSR count). The Kier molecular flexibility index (Phi) is 3.30. The fourth-order valence-corrected chi connectivity index (χ4v) is 1.82. The standard InChI is InChI=1S/C13H15ClN2/c1-3-12-8-13(14)16(15-12)9-11-6-4-10(2)5-7-11/h4-8H,3,9H2,1-2H3. The molecule has 0 aliphatic carbocycles. The van der Waals surface area contributed by atoms with Crippen molar-refractivity contribution in [1.82, 2.24) is 9.78 Å². The SMILES string of the molecule is CCc1cc(Cl)n(Cc2ccc(C)cc2)n1. The molecule has 0 bridgehead atoms. The molecule has 0 fully saturated rings. The van der Waals surface area contributed by atoms with Crippen molar-refractivity contribution in [2.75, 3.05) is 0 Å². The number of rotatable bonds is 3. The monoisotopic (exact) mass is 234 g/mol. The van der Waals surface area contributed by atoms with Crippen LogP contribution in [-0.2, 0) is 13.0 Å². The first-order valence-corrected chi connectivity index (χ1v) is 5.84. The number of benzene rings is 1. The molecule has 0 aliphatic rings. The molecule has 1 aromatic heterocycles. The van der Waals surface area contributed by atoms with Crippen molar-refractivity contribution >= 4 is 11.6 Å². The van der Waals surface area contributed by atoms with Crippen LogP contribution in [-0.4, -0.2) is 9.78 Å². The molecule has 0 amide bonds. The highest BCUT2D eigenvalue weighted by molar-refractivity contribution is 6.29. The van der Waals surface area contributed by atoms with Crippen LogP contribution in [0.3, 0.4) is 0 Å². The van der Waals surface area contributed by atoms with Crippen LogP contribution in [0, 0.1) is 6.92 Å². The first-order chi connectivity index (χ1) is 7.69. The molecule has 0 atom stereocenters. The quantitative estimate of drug-likeness (QED) is 0.796. The molecule has 84 valence electrons. The Bertz CT molecular complexity index is 471. The third kappa shape index (κ3) is 2.45. The zero-order valence-corrected chi connectivity index (χ0v) is 10.3. The van der Waals surface area contributed by atoms with Crippen molar-refractivity contribution in [1.29, 1.82) is 0 Å². The molecule has 2 nitrogen and oxygen atoms in total. The molecule has 1 heterocycles. The number of aryl methyl sites for hydroxylation is 2. The van der Waals surface area contributed by atoms with Crippen LogP contribution in [0.5, 0.6) is 0 Å². The highest BCUT2D eigenvalue weighted by atomic mass is 35.5. The van der Waals surface area contributed by atoms with Gasteiger partial charge in [0.1, 0.15) is 5.15 Å². The first kappa shape index (κ1) is 11.2. The number of hydrogen-bond acceptors (Lipinski definition) is 1. The third-order valence-corrected chi connectivity index (χ3v) is 2.90. The summed E-state index contributed by atoms with van der Waals surface area (Å²) in [6, 6.07) is 10.4. The summed E-state index contributed by atoms with van der Waals surface area (Å²) >= 11 is 6.11. The Morgan fingerprint density at radius 3 is 2.50 bits per heavy atom. The molecule has 2 aromatic rings. The van der Waals surface area contributed by atoms with E-state index in [0.717, 1.165) is 18.7 Å². The second kappa shape index (κ2) is 4.71. The minimum atomic E-state index is 0.706. The summed E-state index contributed by atoms with van der Waals surface area (Å²) in [6.07, 6.45) is 0.917. The summed E-state index contributed by atoms with van der Waals surface area (Å²) in [4.78, 5) is 0. The average molecular weight is 235 g/mol. The van der Waals surface area contributed by atoms with Crippen molar-refractivity contribution < 1.29 is 0 Å². The van der Waals surface area contributed by atoms with Crippen molar-refractivity contribution in [3.63, 3.8) is 0 Å². The molecule has 0 radical (unpaired) electrons. The summed E-state index contributed by atoms with van der Waals surface area (Å²) in [6.45, 7) is 4.90. The van der Waals surface area contributed by atoms with Gasteiger partial charge in [0.05, 0.1) is 12.2 Å². The summed E-state index contributed by atoms with van der Waals surface area (Å²) in [5.41, 5.74) is 3.53. The van der Waals surface area contributed by atoms with E-state index >= 15 is 0 Å². The molecule has 3 heteroatoms. The van der Waals surface area contributed by atoms with Gasteiger partial charge >= 0.3 is 0 Å². The number of halogens is 1. The summed E-state index contributed by atoms with van der Waals surface area (Å²) in [5, 5.41) is 5.14. The van der Waals surface area contributed by atoms with Gasteiger partial charge in [-0.1, -0.05) is 48.4 Å². The molecular formula is C13H15ClN2. The third-order valence-electron chi connectivity index (χ3n) is 2.60. The Hall–Kier alpha value is -1.28. The minimum absolute atomic E-state index is 0.706. The highest BCUT2D eigenvalue weighted by Crippen LogP contribution is 2.14. The number of hydrogen-bond donors (Lipinski definition) is 0. The zero-order chi connectivity index (χ0) is 11.5. The zero-order valence-electron chi connectivity index (χ0n) is 9.57. The van der Waals surface area contributed by atoms with E-state index in [2.05, 4.69) is 43.2 Å². The predicted octanol–water partition coefficient (Wildman–Crippen LogP) is 3.46. The Morgan fingerprint density at radius 1 is 1.25 bits per heavy atom. The van der Waals surface area contributed by atoms with E-state index in [4.69, 9.17) is 11.6 Å². The first-order valence-electron chi connectivity index (χ1n) is 5.47. The van der Waals surface area contributed by atoms with Gasteiger partial charge in [-0.15, -0.1) is 0 Å². The van der Waals surface area contributed by atoms with Gasteiger partial charge in [0, 0.05) is 0 Å². The molecule has 1 aromatic carbocycles. The highest BCUT2D eigenvalue weighted by Gasteiger charge is 2.04. The smallest absolute Gasteiger partial charge is 0.127 e. The lowest BCUT2D eigenvalue weighted by atomic mass is 10.1. The van der Waals surface area contributed by atoms with E-state index in [-0.39, 0.29) is 0 Å². The van der Waals surface area contributed by atoms with E-state index < -0.39 is 0 Å². The van der Waals surface area contributed by atoms with E-state index in [1.54, 1.807) is 0 Å². The average Bonchev–Trinajstić information content (AvgIpc) is 2.63. The van der Waals surface area contributed by atoms with Crippen molar-refractivity contribution in [2.45, 2.75) is 26.8 Å². The summed E-state index contributed by atoms with van der Waals surface area (Å²) in [7, 11) is 0. The maximum atomic E-state index is 6.11. The fraction of sp³-hybridized carbons (Fsp3) is 0.308. The largest absolute Gasteiger partial charge is 0.249 e. The molecule has 16 heavy (non-hydrogen) atoms. The van der Waals surface area contributed by atoms with Gasteiger partial charge in [-0.25, -0.2) is 4.68 Å². The van der Waals surface area contributed by atoms with Gasteiger partial charge < -0.3 is 0 Å². The Morgan fingerprint density at radius 2 is 1.94 bits per heavy atom. The lowest BCUT2D eigenvalue weighted by molar-refractivity contribution is 0.674. The van der Waals surface area contributed by atoms with Crippen molar-refractivity contribution in [3.05, 3.63) is 52.3 Å².